The van der Waals surface area contributed by atoms with E-state index in [1.165, 1.54) is 12.1 Å². The van der Waals surface area contributed by atoms with Gasteiger partial charge in [0.2, 0.25) is 0 Å². The fourth-order valence-electron chi connectivity index (χ4n) is 1.52. The first-order chi connectivity index (χ1) is 9.20. The Bertz CT molecular complexity index is 772. The number of nitrogens with two attached hydrogens (primary N) is 1. The SMILES string of the molecule is Cc1cc(N)c(Cl)cc1NS(=O)(=O)c1cc(Cl)sc1Cl. The third kappa shape index (κ3) is 3.15. The summed E-state index contributed by atoms with van der Waals surface area (Å²) in [4.78, 5) is -0.0680. The molecule has 108 valence electrons. The predicted octanol–water partition coefficient (Wildman–Crippen LogP) is 4.40. The third-order valence-electron chi connectivity index (χ3n) is 2.50. The zero-order valence-electron chi connectivity index (χ0n) is 10.1. The molecule has 0 fully saturated rings. The van der Waals surface area contributed by atoms with Crippen LogP contribution in [0.25, 0.3) is 0 Å². The fraction of sp³-hybridized carbons (Fsp3) is 0.0909. The van der Waals surface area contributed by atoms with E-state index in [-0.39, 0.29) is 14.3 Å². The van der Waals surface area contributed by atoms with E-state index in [1.54, 1.807) is 13.0 Å². The zero-order valence-corrected chi connectivity index (χ0v) is 14.0. The molecule has 0 unspecified atom stereocenters. The lowest BCUT2D eigenvalue weighted by atomic mass is 10.2. The van der Waals surface area contributed by atoms with Crippen LogP contribution >= 0.6 is 46.1 Å². The molecule has 1 aromatic carbocycles. The second kappa shape index (κ2) is 5.61. The van der Waals surface area contributed by atoms with Crippen LogP contribution in [0.1, 0.15) is 5.56 Å². The lowest BCUT2D eigenvalue weighted by molar-refractivity contribution is 0.601. The van der Waals surface area contributed by atoms with Crippen molar-refractivity contribution in [3.8, 4) is 0 Å². The molecule has 3 N–H and O–H groups in total. The average molecular weight is 372 g/mol. The van der Waals surface area contributed by atoms with Gasteiger partial charge in [-0.1, -0.05) is 34.8 Å². The fourth-order valence-corrected chi connectivity index (χ4v) is 4.96. The number of hydrogen-bond acceptors (Lipinski definition) is 4. The minimum atomic E-state index is -3.83. The summed E-state index contributed by atoms with van der Waals surface area (Å²) in [5.41, 5.74) is 7.01. The van der Waals surface area contributed by atoms with Gasteiger partial charge in [0.15, 0.2) is 0 Å². The molecular formula is C11H9Cl3N2O2S2. The van der Waals surface area contributed by atoms with Crippen LogP contribution in [0.15, 0.2) is 23.1 Å². The lowest BCUT2D eigenvalue weighted by Crippen LogP contribution is -2.13. The number of sulfonamides is 1. The Hall–Kier alpha value is -0.660. The quantitative estimate of drug-likeness (QED) is 0.785. The predicted molar refractivity (Wildman–Crippen MR) is 85.7 cm³/mol. The van der Waals surface area contributed by atoms with Crippen molar-refractivity contribution in [2.75, 3.05) is 10.5 Å². The van der Waals surface area contributed by atoms with Crippen molar-refractivity contribution in [3.63, 3.8) is 0 Å². The summed E-state index contributed by atoms with van der Waals surface area (Å²) in [6.45, 7) is 1.72. The van der Waals surface area contributed by atoms with Crippen LogP contribution in [0.2, 0.25) is 13.7 Å². The molecule has 0 spiro atoms. The van der Waals surface area contributed by atoms with Gasteiger partial charge in [-0.25, -0.2) is 8.42 Å². The van der Waals surface area contributed by atoms with Gasteiger partial charge in [-0.15, -0.1) is 11.3 Å². The highest BCUT2D eigenvalue weighted by Gasteiger charge is 2.22. The summed E-state index contributed by atoms with van der Waals surface area (Å²) in [6.07, 6.45) is 0. The Morgan fingerprint density at radius 1 is 1.20 bits per heavy atom. The smallest absolute Gasteiger partial charge is 0.264 e. The molecule has 4 nitrogen and oxygen atoms in total. The number of nitrogens with one attached hydrogen (secondary N) is 1. The van der Waals surface area contributed by atoms with Gasteiger partial charge < -0.3 is 5.73 Å². The lowest BCUT2D eigenvalue weighted by Gasteiger charge is -2.11. The molecule has 0 aliphatic rings. The standard InChI is InChI=1S/C11H9Cl3N2O2S2/c1-5-2-7(15)6(12)3-8(5)16-20(17,18)9-4-10(13)19-11(9)14/h2-4,16H,15H2,1H3. The van der Waals surface area contributed by atoms with Gasteiger partial charge in [0, 0.05) is 0 Å². The Labute approximate surface area is 135 Å². The largest absolute Gasteiger partial charge is 0.398 e. The van der Waals surface area contributed by atoms with E-state index in [2.05, 4.69) is 4.72 Å². The maximum Gasteiger partial charge on any atom is 0.264 e. The number of anilines is 2. The molecule has 1 aromatic heterocycles. The maximum atomic E-state index is 12.3. The number of rotatable bonds is 3. The van der Waals surface area contributed by atoms with Crippen molar-refractivity contribution in [3.05, 3.63) is 37.5 Å². The molecule has 0 aliphatic heterocycles. The van der Waals surface area contributed by atoms with Crippen LogP contribution < -0.4 is 10.5 Å². The van der Waals surface area contributed by atoms with E-state index in [0.29, 0.717) is 21.3 Å². The molecule has 0 amide bonds. The first kappa shape index (κ1) is 15.7. The maximum absolute atomic E-state index is 12.3. The molecule has 2 rings (SSSR count). The monoisotopic (exact) mass is 370 g/mol. The molecule has 1 heterocycles. The Balaban J connectivity index is 2.43. The molecule has 0 aliphatic carbocycles. The second-order valence-electron chi connectivity index (χ2n) is 3.98. The molecule has 0 radical (unpaired) electrons. The van der Waals surface area contributed by atoms with E-state index in [1.807, 2.05) is 0 Å². The van der Waals surface area contributed by atoms with Crippen LogP contribution in [-0.4, -0.2) is 8.42 Å². The summed E-state index contributed by atoms with van der Waals surface area (Å²) in [6, 6.07) is 4.33. The van der Waals surface area contributed by atoms with Gasteiger partial charge in [-0.3, -0.25) is 4.72 Å². The highest BCUT2D eigenvalue weighted by molar-refractivity contribution is 7.93. The summed E-state index contributed by atoms with van der Waals surface area (Å²) in [5.74, 6) is 0. The van der Waals surface area contributed by atoms with Crippen LogP contribution in [0.4, 0.5) is 11.4 Å². The number of halogens is 3. The molecular weight excluding hydrogens is 363 g/mol. The summed E-state index contributed by atoms with van der Waals surface area (Å²) in [5, 5.41) is 0.266. The van der Waals surface area contributed by atoms with Crippen molar-refractivity contribution in [1.29, 1.82) is 0 Å². The molecule has 0 saturated carbocycles. The van der Waals surface area contributed by atoms with E-state index in [4.69, 9.17) is 40.5 Å². The Morgan fingerprint density at radius 2 is 1.85 bits per heavy atom. The average Bonchev–Trinajstić information content (AvgIpc) is 2.66. The Morgan fingerprint density at radius 3 is 2.40 bits per heavy atom. The molecule has 0 saturated heterocycles. The summed E-state index contributed by atoms with van der Waals surface area (Å²) in [7, 11) is -3.83. The van der Waals surface area contributed by atoms with Crippen LogP contribution in [0, 0.1) is 6.92 Å². The van der Waals surface area contributed by atoms with Crippen molar-refractivity contribution in [2.24, 2.45) is 0 Å². The van der Waals surface area contributed by atoms with Gasteiger partial charge in [0.05, 0.1) is 20.7 Å². The first-order valence-corrected chi connectivity index (χ1v) is 8.67. The topological polar surface area (TPSA) is 72.2 Å². The summed E-state index contributed by atoms with van der Waals surface area (Å²) >= 11 is 18.5. The molecule has 0 bridgehead atoms. The number of thiophene rings is 1. The van der Waals surface area contributed by atoms with Crippen molar-refractivity contribution < 1.29 is 8.42 Å². The second-order valence-corrected chi connectivity index (χ2v) is 8.33. The molecule has 9 heteroatoms. The van der Waals surface area contributed by atoms with Crippen molar-refractivity contribution >= 4 is 67.5 Å². The molecule has 20 heavy (non-hydrogen) atoms. The number of benzene rings is 1. The van der Waals surface area contributed by atoms with Crippen molar-refractivity contribution in [1.82, 2.24) is 0 Å². The third-order valence-corrected chi connectivity index (χ3v) is 5.95. The summed E-state index contributed by atoms with van der Waals surface area (Å²) < 4.78 is 27.3. The number of aryl methyl sites for hydroxylation is 1. The van der Waals surface area contributed by atoms with Crippen molar-refractivity contribution in [2.45, 2.75) is 11.8 Å². The van der Waals surface area contributed by atoms with E-state index in [0.717, 1.165) is 11.3 Å². The molecule has 0 atom stereocenters. The number of nitrogen functional groups attached to an aromatic ring is 1. The first-order valence-electron chi connectivity index (χ1n) is 5.24. The van der Waals surface area contributed by atoms with Gasteiger partial charge in [0.1, 0.15) is 9.23 Å². The van der Waals surface area contributed by atoms with Crippen LogP contribution in [0.3, 0.4) is 0 Å². The molecule has 2 aromatic rings. The van der Waals surface area contributed by atoms with E-state index >= 15 is 0 Å². The van der Waals surface area contributed by atoms with E-state index in [9.17, 15) is 8.42 Å². The van der Waals surface area contributed by atoms with Gasteiger partial charge in [-0.05, 0) is 30.7 Å². The highest BCUT2D eigenvalue weighted by Crippen LogP contribution is 2.36. The minimum Gasteiger partial charge on any atom is -0.398 e. The van der Waals surface area contributed by atoms with Gasteiger partial charge in [0.25, 0.3) is 10.0 Å². The minimum absolute atomic E-state index is 0.0680. The van der Waals surface area contributed by atoms with Gasteiger partial charge in [-0.2, -0.15) is 0 Å². The Kier molecular flexibility index (Phi) is 4.41. The highest BCUT2D eigenvalue weighted by atomic mass is 35.5. The van der Waals surface area contributed by atoms with E-state index < -0.39 is 10.0 Å². The van der Waals surface area contributed by atoms with Crippen LogP contribution in [0.5, 0.6) is 0 Å². The number of hydrogen-bond donors (Lipinski definition) is 2. The van der Waals surface area contributed by atoms with Crippen LogP contribution in [-0.2, 0) is 10.0 Å². The normalized spacial score (nSPS) is 11.6. The van der Waals surface area contributed by atoms with Gasteiger partial charge >= 0.3 is 0 Å². The zero-order chi connectivity index (χ0) is 15.1.